The van der Waals surface area contributed by atoms with Gasteiger partial charge in [0.25, 0.3) is 0 Å². The normalized spacial score (nSPS) is 12.3. The molecule has 0 unspecified atom stereocenters. The van der Waals surface area contributed by atoms with Gasteiger partial charge in [-0.25, -0.2) is 19.2 Å². The van der Waals surface area contributed by atoms with Gasteiger partial charge in [0.2, 0.25) is 11.8 Å². The van der Waals surface area contributed by atoms with Crippen molar-refractivity contribution in [3.8, 4) is 0 Å². The largest absolute Gasteiger partial charge is 0.481 e. The summed E-state index contributed by atoms with van der Waals surface area (Å²) >= 11 is 0. The average molecular weight is 939 g/mol. The van der Waals surface area contributed by atoms with E-state index in [1.54, 1.807) is 23.2 Å². The third-order valence-electron chi connectivity index (χ3n) is 7.97. The number of rotatable bonds is 30. The number of aromatic nitrogens is 1. The Morgan fingerprint density at radius 2 is 1.17 bits per heavy atom. The number of hydrogen-bond donors (Lipinski definition) is 9. The minimum Gasteiger partial charge on any atom is -0.481 e. The van der Waals surface area contributed by atoms with Gasteiger partial charge in [0.1, 0.15) is 18.1 Å². The van der Waals surface area contributed by atoms with E-state index in [-0.39, 0.29) is 77.4 Å². The van der Waals surface area contributed by atoms with Gasteiger partial charge in [-0.05, 0) is 76.5 Å². The van der Waals surface area contributed by atoms with Gasteiger partial charge >= 0.3 is 35.9 Å². The van der Waals surface area contributed by atoms with E-state index in [4.69, 9.17) is 10.2 Å². The summed E-state index contributed by atoms with van der Waals surface area (Å²) in [6.45, 7) is 0.859. The molecule has 4 amide bonds. The summed E-state index contributed by atoms with van der Waals surface area (Å²) in [5.74, 6) is -6.77. The van der Waals surface area contributed by atoms with Crippen molar-refractivity contribution < 1.29 is 84.3 Å². The van der Waals surface area contributed by atoms with E-state index in [9.17, 15) is 53.7 Å². The third kappa shape index (κ3) is 24.6. The first-order valence-electron chi connectivity index (χ1n) is 17.5. The molecule has 1 aromatic heterocycles. The summed E-state index contributed by atoms with van der Waals surface area (Å²) in [5.41, 5.74) is 0.723. The smallest absolute Gasteiger partial charge is 0.326 e. The Bertz CT molecular complexity index is 1350. The van der Waals surface area contributed by atoms with E-state index in [0.717, 1.165) is 5.69 Å². The molecule has 19 nitrogen and oxygen atoms in total. The number of hydrogen-bond acceptors (Lipinski definition) is 10. The Hall–Kier alpha value is -4.67. The van der Waals surface area contributed by atoms with Crippen LogP contribution in [0.3, 0.4) is 0 Å². The van der Waals surface area contributed by atoms with Crippen LogP contribution in [0, 0.1) is 0 Å². The van der Waals surface area contributed by atoms with E-state index in [1.807, 2.05) is 6.07 Å². The number of unbranched alkanes of at least 4 members (excludes halogenated alkanes) is 5. The van der Waals surface area contributed by atoms with E-state index >= 15 is 0 Å². The number of amides is 4. The van der Waals surface area contributed by atoms with Crippen LogP contribution in [0.15, 0.2) is 24.4 Å². The molecule has 0 aliphatic heterocycles. The molecule has 0 aliphatic rings. The van der Waals surface area contributed by atoms with E-state index in [1.165, 1.54) is 0 Å². The molecule has 0 saturated heterocycles. The van der Waals surface area contributed by atoms with Crippen molar-refractivity contribution in [1.29, 1.82) is 0 Å². The zero-order chi connectivity index (χ0) is 39.6. The van der Waals surface area contributed by atoms with Crippen molar-refractivity contribution in [2.45, 2.75) is 115 Å². The van der Waals surface area contributed by atoms with Crippen LogP contribution in [0.2, 0.25) is 0 Å². The number of carbonyl (C=O) groups excluding carboxylic acids is 3. The molecule has 0 fully saturated rings. The van der Waals surface area contributed by atoms with Gasteiger partial charge in [0.15, 0.2) is 0 Å². The first kappa shape index (κ1) is 49.3. The minimum atomic E-state index is -1.50. The minimum absolute atomic E-state index is 0. The van der Waals surface area contributed by atoms with Gasteiger partial charge in [-0.3, -0.25) is 29.1 Å². The van der Waals surface area contributed by atoms with Crippen LogP contribution in [0.4, 0.5) is 4.79 Å². The van der Waals surface area contributed by atoms with Gasteiger partial charge in [-0.1, -0.05) is 18.9 Å². The molecule has 1 aromatic rings. The van der Waals surface area contributed by atoms with Crippen LogP contribution in [0.1, 0.15) is 95.6 Å². The van der Waals surface area contributed by atoms with Crippen molar-refractivity contribution >= 4 is 47.7 Å². The fourth-order valence-corrected chi connectivity index (χ4v) is 5.19. The zero-order valence-corrected chi connectivity index (χ0v) is 32.8. The van der Waals surface area contributed by atoms with Crippen molar-refractivity contribution in [3.63, 3.8) is 0 Å². The Morgan fingerprint density at radius 3 is 1.70 bits per heavy atom. The maximum Gasteiger partial charge on any atom is 0.326 e. The van der Waals surface area contributed by atoms with Crippen molar-refractivity contribution in [2.75, 3.05) is 19.6 Å². The molecule has 1 radical (unpaired) electrons. The van der Waals surface area contributed by atoms with Gasteiger partial charge in [0, 0.05) is 59.0 Å². The van der Waals surface area contributed by atoms with Gasteiger partial charge in [-0.15, -0.1) is 0 Å². The molecule has 0 saturated carbocycles. The summed E-state index contributed by atoms with van der Waals surface area (Å²) in [4.78, 5) is 98.9. The van der Waals surface area contributed by atoms with Crippen LogP contribution in [0.25, 0.3) is 0 Å². The SMILES string of the molecule is O=C(O)CC[C@H](NC(=O)N[C@@H](CCCCNC(=O)CCCCCCC(=O)N[C@@H](CCCCN(CC(=O)O)Cc1ccccn1)C(=O)O)C(=O)O)C(=O)O.[Re]. The number of carboxylic acid groups (broad SMARTS) is 5. The summed E-state index contributed by atoms with van der Waals surface area (Å²) in [5, 5.41) is 55.5. The maximum atomic E-state index is 12.4. The number of pyridine rings is 1. The number of nitrogens with one attached hydrogen (secondary N) is 4. The second-order valence-corrected chi connectivity index (χ2v) is 12.5. The molecular weight excluding hydrogens is 887 g/mol. The summed E-state index contributed by atoms with van der Waals surface area (Å²) < 4.78 is 0. The number of urea groups is 1. The molecule has 1 rings (SSSR count). The second-order valence-electron chi connectivity index (χ2n) is 12.5. The molecule has 0 aliphatic carbocycles. The molecule has 1 heterocycles. The molecule has 20 heteroatoms. The molecule has 54 heavy (non-hydrogen) atoms. The van der Waals surface area contributed by atoms with Gasteiger partial charge in [0.05, 0.1) is 12.2 Å². The van der Waals surface area contributed by atoms with Crippen molar-refractivity contribution in [1.82, 2.24) is 31.2 Å². The Balaban J connectivity index is 0.0000281. The van der Waals surface area contributed by atoms with Crippen molar-refractivity contribution in [3.05, 3.63) is 30.1 Å². The fraction of sp³-hybridized carbons (Fsp3) is 0.618. The molecule has 9 N–H and O–H groups in total. The molecule has 0 aromatic carbocycles. The van der Waals surface area contributed by atoms with Crippen LogP contribution < -0.4 is 21.3 Å². The van der Waals surface area contributed by atoms with E-state index in [2.05, 4.69) is 26.3 Å². The summed E-state index contributed by atoms with van der Waals surface area (Å²) in [7, 11) is 0. The zero-order valence-electron chi connectivity index (χ0n) is 30.0. The third-order valence-corrected chi connectivity index (χ3v) is 7.97. The number of carbonyl (C=O) groups is 8. The maximum absolute atomic E-state index is 12.4. The monoisotopic (exact) mass is 939 g/mol. The number of carboxylic acids is 5. The van der Waals surface area contributed by atoms with Crippen molar-refractivity contribution in [2.24, 2.45) is 0 Å². The van der Waals surface area contributed by atoms with E-state index in [0.29, 0.717) is 64.5 Å². The number of nitrogens with zero attached hydrogens (tertiary/aromatic N) is 2. The predicted octanol–water partition coefficient (Wildman–Crippen LogP) is 1.40. The molecule has 3 atom stereocenters. The van der Waals surface area contributed by atoms with Crippen LogP contribution >= 0.6 is 0 Å². The molecule has 303 valence electrons. The average Bonchev–Trinajstić information content (AvgIpc) is 3.08. The van der Waals surface area contributed by atoms with Crippen LogP contribution in [-0.4, -0.2) is 121 Å². The quantitative estimate of drug-likeness (QED) is 0.0493. The van der Waals surface area contributed by atoms with Crippen LogP contribution in [0.5, 0.6) is 0 Å². The number of aliphatic carboxylic acids is 5. The fourth-order valence-electron chi connectivity index (χ4n) is 5.19. The Labute approximate surface area is 326 Å². The van der Waals surface area contributed by atoms with Gasteiger partial charge < -0.3 is 46.8 Å². The van der Waals surface area contributed by atoms with Crippen LogP contribution in [-0.2, 0) is 60.5 Å². The topological polar surface area (TPSA) is 302 Å². The summed E-state index contributed by atoms with van der Waals surface area (Å²) in [6.07, 6.45) is 5.44. The first-order chi connectivity index (χ1) is 25.2. The second kappa shape index (κ2) is 28.8. The molecule has 0 spiro atoms. The first-order valence-corrected chi connectivity index (χ1v) is 17.5. The van der Waals surface area contributed by atoms with E-state index < -0.39 is 60.4 Å². The standard InChI is InChI=1S/C34H52N6O13.Re/c41-27(36-19-9-6-12-25(32(49)50)38-34(53)39-26(33(51)52)16-17-29(43)44)14-3-1-2-4-15-28(42)37-24(31(47)48)13-7-10-20-40(22-30(45)46)21-23-11-5-8-18-35-23;/h5,8,11,18,24-26H,1-4,6-7,9-10,12-17,19-22H2,(H,36,41)(H,37,42)(H,43,44)(H,45,46)(H,47,48)(H,49,50)(H,51,52)(H2,38,39,53);/t24-,25-,26-;/m0./s1. The Kier molecular flexibility index (Phi) is 26.3. The van der Waals surface area contributed by atoms with Gasteiger partial charge in [-0.2, -0.15) is 0 Å². The Morgan fingerprint density at radius 1 is 0.611 bits per heavy atom. The summed E-state index contributed by atoms with van der Waals surface area (Å²) in [6, 6.07) is 0.420. The molecule has 0 bridgehead atoms. The predicted molar refractivity (Wildman–Crippen MR) is 187 cm³/mol. The molecular formula is C34H52N6O13Re.